The van der Waals surface area contributed by atoms with Crippen LogP contribution in [-0.4, -0.2) is 59.5 Å². The van der Waals surface area contributed by atoms with Crippen molar-refractivity contribution < 1.29 is 24.0 Å². The van der Waals surface area contributed by atoms with Crippen LogP contribution in [0.15, 0.2) is 36.4 Å². The summed E-state index contributed by atoms with van der Waals surface area (Å²) in [5, 5.41) is 8.25. The van der Waals surface area contributed by atoms with E-state index in [1.54, 1.807) is 31.2 Å². The highest BCUT2D eigenvalue weighted by molar-refractivity contribution is 6.17. The van der Waals surface area contributed by atoms with Crippen molar-refractivity contribution >= 4 is 47.2 Å². The van der Waals surface area contributed by atoms with E-state index in [9.17, 15) is 24.0 Å². The normalized spacial score (nSPS) is 16.0. The van der Waals surface area contributed by atoms with Gasteiger partial charge in [-0.05, 0) is 31.5 Å². The van der Waals surface area contributed by atoms with Crippen LogP contribution in [-0.2, 0) is 29.9 Å². The SMILES string of the molecule is C[C@H](NC[C@](C)(C=O)NC(=O)CCN1C(=O)C=CC1=O)C(=O)Nc1ccc(CCl)cc1. The van der Waals surface area contributed by atoms with Crippen molar-refractivity contribution in [1.82, 2.24) is 15.5 Å². The maximum Gasteiger partial charge on any atom is 0.253 e. The minimum Gasteiger partial charge on any atom is -0.343 e. The van der Waals surface area contributed by atoms with Gasteiger partial charge in [0.1, 0.15) is 11.8 Å². The van der Waals surface area contributed by atoms with E-state index in [0.717, 1.165) is 22.6 Å². The monoisotopic (exact) mass is 448 g/mol. The number of nitrogens with one attached hydrogen (secondary N) is 3. The second-order valence-electron chi connectivity index (χ2n) is 7.42. The van der Waals surface area contributed by atoms with E-state index in [-0.39, 0.29) is 25.4 Å². The molecule has 0 radical (unpaired) electrons. The standard InChI is InChI=1S/C21H25ClN4O5/c1-14(20(31)24-16-5-3-15(11-22)4-6-16)23-12-21(2,13-27)25-17(28)9-10-26-18(29)7-8-19(26)30/h3-8,13-14,23H,9-12H2,1-2H3,(H,24,31)(H,25,28)/t14-,21+/m0/s1. The molecule has 0 unspecified atom stereocenters. The van der Waals surface area contributed by atoms with Gasteiger partial charge in [0.15, 0.2) is 0 Å². The van der Waals surface area contributed by atoms with E-state index in [1.165, 1.54) is 6.92 Å². The Hall–Kier alpha value is -3.04. The van der Waals surface area contributed by atoms with Crippen LogP contribution < -0.4 is 16.0 Å². The molecule has 0 spiro atoms. The van der Waals surface area contributed by atoms with Crippen molar-refractivity contribution in [2.45, 2.75) is 37.7 Å². The van der Waals surface area contributed by atoms with Crippen LogP contribution in [0.5, 0.6) is 0 Å². The average Bonchev–Trinajstić information content (AvgIpc) is 3.08. The summed E-state index contributed by atoms with van der Waals surface area (Å²) in [6.45, 7) is 3.06. The Morgan fingerprint density at radius 1 is 1.16 bits per heavy atom. The Bertz CT molecular complexity index is 868. The number of carbonyl (C=O) groups is 5. The molecular formula is C21H25ClN4O5. The molecule has 0 saturated heterocycles. The highest BCUT2D eigenvalue weighted by Crippen LogP contribution is 2.12. The predicted octanol–water partition coefficient (Wildman–Crippen LogP) is 0.731. The molecule has 1 aliphatic rings. The smallest absolute Gasteiger partial charge is 0.253 e. The summed E-state index contributed by atoms with van der Waals surface area (Å²) in [7, 11) is 0. The number of nitrogens with zero attached hydrogens (tertiary/aromatic N) is 1. The summed E-state index contributed by atoms with van der Waals surface area (Å²) >= 11 is 5.74. The molecule has 0 fully saturated rings. The molecule has 166 valence electrons. The molecule has 1 heterocycles. The van der Waals surface area contributed by atoms with Crippen molar-refractivity contribution in [3.63, 3.8) is 0 Å². The average molecular weight is 449 g/mol. The summed E-state index contributed by atoms with van der Waals surface area (Å²) in [6.07, 6.45) is 2.70. The van der Waals surface area contributed by atoms with Gasteiger partial charge in [0, 0.05) is 43.2 Å². The molecule has 1 aromatic rings. The molecule has 0 aliphatic carbocycles. The number of hydrogen-bond donors (Lipinski definition) is 3. The lowest BCUT2D eigenvalue weighted by atomic mass is 10.0. The minimum atomic E-state index is -1.27. The Balaban J connectivity index is 1.81. The van der Waals surface area contributed by atoms with E-state index in [1.807, 2.05) is 0 Å². The number of halogens is 1. The van der Waals surface area contributed by atoms with Crippen molar-refractivity contribution in [1.29, 1.82) is 0 Å². The number of alkyl halides is 1. The molecule has 2 atom stereocenters. The highest BCUT2D eigenvalue weighted by atomic mass is 35.5. The summed E-state index contributed by atoms with van der Waals surface area (Å²) in [6, 6.07) is 6.44. The molecule has 31 heavy (non-hydrogen) atoms. The van der Waals surface area contributed by atoms with Crippen LogP contribution in [0.2, 0.25) is 0 Å². The number of anilines is 1. The van der Waals surface area contributed by atoms with Gasteiger partial charge in [-0.2, -0.15) is 0 Å². The molecule has 9 nitrogen and oxygen atoms in total. The summed E-state index contributed by atoms with van der Waals surface area (Å²) in [4.78, 5) is 60.1. The van der Waals surface area contributed by atoms with Crippen LogP contribution in [0.1, 0.15) is 25.8 Å². The Kier molecular flexibility index (Phi) is 8.47. The van der Waals surface area contributed by atoms with Crippen LogP contribution >= 0.6 is 11.6 Å². The van der Waals surface area contributed by atoms with Gasteiger partial charge in [0.25, 0.3) is 11.8 Å². The van der Waals surface area contributed by atoms with E-state index < -0.39 is 29.3 Å². The Labute approximate surface area is 185 Å². The Morgan fingerprint density at radius 3 is 2.32 bits per heavy atom. The van der Waals surface area contributed by atoms with Crippen LogP contribution in [0, 0.1) is 0 Å². The zero-order valence-corrected chi connectivity index (χ0v) is 18.1. The molecule has 2 rings (SSSR count). The second-order valence-corrected chi connectivity index (χ2v) is 7.68. The third kappa shape index (κ3) is 7.01. The largest absolute Gasteiger partial charge is 0.343 e. The quantitative estimate of drug-likeness (QED) is 0.260. The lowest BCUT2D eigenvalue weighted by Crippen LogP contribution is -2.56. The molecule has 0 aromatic heterocycles. The molecule has 0 saturated carbocycles. The number of carbonyl (C=O) groups excluding carboxylic acids is 5. The van der Waals surface area contributed by atoms with Crippen molar-refractivity contribution in [2.24, 2.45) is 0 Å². The molecule has 3 N–H and O–H groups in total. The number of imide groups is 1. The first-order chi connectivity index (χ1) is 14.7. The maximum absolute atomic E-state index is 12.4. The van der Waals surface area contributed by atoms with Gasteiger partial charge in [0.05, 0.1) is 6.04 Å². The molecule has 10 heteroatoms. The van der Waals surface area contributed by atoms with Gasteiger partial charge in [-0.3, -0.25) is 24.1 Å². The van der Waals surface area contributed by atoms with Gasteiger partial charge in [-0.15, -0.1) is 11.6 Å². The molecule has 1 aromatic carbocycles. The Morgan fingerprint density at radius 2 is 1.77 bits per heavy atom. The zero-order chi connectivity index (χ0) is 23.0. The van der Waals surface area contributed by atoms with Gasteiger partial charge in [0.2, 0.25) is 11.8 Å². The number of hydrogen-bond acceptors (Lipinski definition) is 6. The first-order valence-electron chi connectivity index (χ1n) is 9.67. The number of benzene rings is 1. The maximum atomic E-state index is 12.4. The predicted molar refractivity (Wildman–Crippen MR) is 115 cm³/mol. The minimum absolute atomic E-state index is 0.00510. The van der Waals surface area contributed by atoms with Gasteiger partial charge < -0.3 is 20.7 Å². The number of aldehydes is 1. The van der Waals surface area contributed by atoms with Gasteiger partial charge >= 0.3 is 0 Å². The van der Waals surface area contributed by atoms with E-state index in [4.69, 9.17) is 11.6 Å². The number of amides is 4. The van der Waals surface area contributed by atoms with Crippen molar-refractivity contribution in [3.8, 4) is 0 Å². The lowest BCUT2D eigenvalue weighted by molar-refractivity contribution is -0.137. The molecule has 4 amide bonds. The fraction of sp³-hybridized carbons (Fsp3) is 0.381. The summed E-state index contributed by atoms with van der Waals surface area (Å²) in [5.41, 5.74) is 0.266. The van der Waals surface area contributed by atoms with Crippen molar-refractivity contribution in [2.75, 3.05) is 18.4 Å². The summed E-state index contributed by atoms with van der Waals surface area (Å²) < 4.78 is 0. The zero-order valence-electron chi connectivity index (χ0n) is 17.3. The fourth-order valence-corrected chi connectivity index (χ4v) is 2.92. The lowest BCUT2D eigenvalue weighted by Gasteiger charge is -2.27. The van der Waals surface area contributed by atoms with E-state index in [0.29, 0.717) is 17.9 Å². The molecular weight excluding hydrogens is 424 g/mol. The van der Waals surface area contributed by atoms with Crippen LogP contribution in [0.3, 0.4) is 0 Å². The van der Waals surface area contributed by atoms with Gasteiger partial charge in [-0.1, -0.05) is 12.1 Å². The number of rotatable bonds is 11. The second kappa shape index (κ2) is 10.8. The van der Waals surface area contributed by atoms with Crippen LogP contribution in [0.25, 0.3) is 0 Å². The van der Waals surface area contributed by atoms with Crippen molar-refractivity contribution in [3.05, 3.63) is 42.0 Å². The van der Waals surface area contributed by atoms with E-state index in [2.05, 4.69) is 16.0 Å². The first-order valence-corrected chi connectivity index (χ1v) is 10.2. The van der Waals surface area contributed by atoms with E-state index >= 15 is 0 Å². The third-order valence-corrected chi connectivity index (χ3v) is 5.00. The first kappa shape index (κ1) is 24.2. The molecule has 1 aliphatic heterocycles. The third-order valence-electron chi connectivity index (χ3n) is 4.69. The molecule has 0 bridgehead atoms. The fourth-order valence-electron chi connectivity index (χ4n) is 2.75. The topological polar surface area (TPSA) is 125 Å². The van der Waals surface area contributed by atoms with Crippen LogP contribution in [0.4, 0.5) is 5.69 Å². The summed E-state index contributed by atoms with van der Waals surface area (Å²) in [5.74, 6) is -1.38. The van der Waals surface area contributed by atoms with Gasteiger partial charge in [-0.25, -0.2) is 0 Å². The highest BCUT2D eigenvalue weighted by Gasteiger charge is 2.29.